The van der Waals surface area contributed by atoms with Crippen LogP contribution in [0.2, 0.25) is 0 Å². The molecule has 5 aliphatic heterocycles. The molecule has 0 aromatic heterocycles. The molecule has 5 aliphatic rings. The molecule has 5 heterocycles. The molecule has 3 saturated heterocycles. The molecule has 3 fully saturated rings. The summed E-state index contributed by atoms with van der Waals surface area (Å²) < 4.78 is 100. The Kier molecular flexibility index (Phi) is 28.7. The third kappa shape index (κ3) is 20.3. The van der Waals surface area contributed by atoms with Gasteiger partial charge >= 0.3 is 5.97 Å². The van der Waals surface area contributed by atoms with Crippen molar-refractivity contribution in [3.05, 3.63) is 322 Å². The Morgan fingerprint density at radius 3 is 0.965 bits per heavy atom. The normalized spacial score (nSPS) is 24.7. The van der Waals surface area contributed by atoms with E-state index in [9.17, 15) is 4.79 Å². The third-order valence-electron chi connectivity index (χ3n) is 21.1. The van der Waals surface area contributed by atoms with E-state index in [1.165, 1.54) is 6.92 Å². The average molecular weight is 1550 g/mol. The number of fused-ring (bicyclic) bond motifs is 2. The second kappa shape index (κ2) is 40.5. The van der Waals surface area contributed by atoms with Crippen LogP contribution >= 0.6 is 0 Å². The highest BCUT2D eigenvalue weighted by molar-refractivity contribution is 6.22. The molecule has 0 saturated carbocycles. The number of esters is 1. The molecule has 4 amide bonds. The highest BCUT2D eigenvalue weighted by Gasteiger charge is 2.62. The van der Waals surface area contributed by atoms with E-state index in [1.54, 1.807) is 48.5 Å². The summed E-state index contributed by atoms with van der Waals surface area (Å²) >= 11 is 0. The molecule has 9 aromatic carbocycles. The van der Waals surface area contributed by atoms with E-state index in [0.29, 0.717) is 17.5 Å². The fourth-order valence-corrected chi connectivity index (χ4v) is 15.4. The first-order valence-electron chi connectivity index (χ1n) is 39.5. The Balaban J connectivity index is 0.936. The van der Waals surface area contributed by atoms with Crippen LogP contribution in [0, 0.1) is 0 Å². The van der Waals surface area contributed by atoms with E-state index in [0.717, 1.165) is 69.7 Å². The molecular weight excluding hydrogens is 1450 g/mol. The first kappa shape index (κ1) is 80.8. The Morgan fingerprint density at radius 1 is 0.307 bits per heavy atom. The maximum Gasteiger partial charge on any atom is 0.303 e. The number of carbonyl (C=O) groups excluding carboxylic acids is 5. The van der Waals surface area contributed by atoms with Crippen LogP contribution in [0.1, 0.15) is 133 Å². The minimum absolute atomic E-state index is 0.0146. The minimum Gasteiger partial charge on any atom is -0.457 e. The molecule has 0 radical (unpaired) electrons. The summed E-state index contributed by atoms with van der Waals surface area (Å²) in [5.41, 5.74) is 6.03. The van der Waals surface area contributed by atoms with Crippen LogP contribution in [-0.4, -0.2) is 158 Å². The predicted octanol–water partition coefficient (Wildman–Crippen LogP) is 14.6. The highest BCUT2D eigenvalue weighted by atomic mass is 16.8. The number of unbranched alkanes of at least 4 members (excludes halogenated alkanes) is 5. The van der Waals surface area contributed by atoms with Gasteiger partial charge in [0.25, 0.3) is 23.6 Å². The van der Waals surface area contributed by atoms with Gasteiger partial charge in [-0.2, -0.15) is 0 Å². The molecule has 21 nitrogen and oxygen atoms in total. The molecule has 21 heteroatoms. The number of amides is 4. The van der Waals surface area contributed by atoms with Crippen molar-refractivity contribution >= 4 is 29.6 Å². The minimum atomic E-state index is -1.79. The summed E-state index contributed by atoms with van der Waals surface area (Å²) in [4.78, 5) is 79.2. The molecule has 0 spiro atoms. The van der Waals surface area contributed by atoms with Gasteiger partial charge in [0, 0.05) is 13.5 Å². The van der Waals surface area contributed by atoms with Gasteiger partial charge in [-0.3, -0.25) is 33.8 Å². The molecular formula is C93H98N2O19. The van der Waals surface area contributed by atoms with Gasteiger partial charge in [0.2, 0.25) is 0 Å². The quantitative estimate of drug-likeness (QED) is 0.0198. The van der Waals surface area contributed by atoms with Crippen LogP contribution < -0.4 is 0 Å². The van der Waals surface area contributed by atoms with Crippen LogP contribution in [0.15, 0.2) is 261 Å². The third-order valence-corrected chi connectivity index (χ3v) is 21.1. The first-order chi connectivity index (χ1) is 56.0. The lowest BCUT2D eigenvalue weighted by atomic mass is 9.92. The smallest absolute Gasteiger partial charge is 0.303 e. The lowest BCUT2D eigenvalue weighted by molar-refractivity contribution is -0.381. The van der Waals surface area contributed by atoms with Crippen molar-refractivity contribution in [3.63, 3.8) is 0 Å². The van der Waals surface area contributed by atoms with Gasteiger partial charge in [-0.25, -0.2) is 0 Å². The second-order valence-corrected chi connectivity index (χ2v) is 29.1. The summed E-state index contributed by atoms with van der Waals surface area (Å²) in [5.74, 6) is -3.57. The monoisotopic (exact) mass is 1550 g/mol. The maximum atomic E-state index is 16.0. The molecule has 0 N–H and O–H groups in total. The summed E-state index contributed by atoms with van der Waals surface area (Å²) in [6.45, 7) is 3.33. The lowest BCUT2D eigenvalue weighted by Gasteiger charge is -2.53. The zero-order valence-electron chi connectivity index (χ0n) is 64.2. The molecule has 0 bridgehead atoms. The van der Waals surface area contributed by atoms with Crippen molar-refractivity contribution in [1.82, 2.24) is 9.80 Å². The van der Waals surface area contributed by atoms with Crippen molar-refractivity contribution in [1.29, 1.82) is 0 Å². The van der Waals surface area contributed by atoms with Crippen molar-refractivity contribution in [2.75, 3.05) is 26.4 Å². The van der Waals surface area contributed by atoms with E-state index in [2.05, 4.69) is 6.92 Å². The summed E-state index contributed by atoms with van der Waals surface area (Å²) in [5, 5.41) is 0. The second-order valence-electron chi connectivity index (χ2n) is 29.1. The Hall–Kier alpha value is -9.79. The van der Waals surface area contributed by atoms with E-state index >= 15 is 19.2 Å². The van der Waals surface area contributed by atoms with Gasteiger partial charge in [0.05, 0.1) is 88.3 Å². The van der Waals surface area contributed by atoms with Crippen molar-refractivity contribution in [2.45, 2.75) is 191 Å². The molecule has 0 aliphatic carbocycles. The predicted molar refractivity (Wildman–Crippen MR) is 420 cm³/mol. The van der Waals surface area contributed by atoms with Gasteiger partial charge in [-0.15, -0.1) is 0 Å². The van der Waals surface area contributed by atoms with Gasteiger partial charge < -0.3 is 66.3 Å². The summed E-state index contributed by atoms with van der Waals surface area (Å²) in [6.07, 6.45) is -12.0. The topological polar surface area (TPSA) is 221 Å². The maximum absolute atomic E-state index is 16.0. The number of ether oxygens (including phenoxy) is 14. The number of nitrogens with zero attached hydrogens (tertiary/aromatic N) is 2. The Bertz CT molecular complexity index is 4450. The Labute approximate surface area is 665 Å². The number of imide groups is 2. The highest BCUT2D eigenvalue weighted by Crippen LogP contribution is 2.43. The molecule has 15 atom stereocenters. The van der Waals surface area contributed by atoms with Crippen LogP contribution in [0.3, 0.4) is 0 Å². The molecule has 594 valence electrons. The SMILES string of the molecule is CCCCCCCCO[C@H]1O[C@H](COCc2ccccc2)[C@@H](OCc2ccccc2)[C@H](OCc2ccccc2)[C@@H]1O[C@@H]1O[C@H](COCc2ccccc2)[C@@H](O[C@@H]2O[C@H](COCc3ccccc3)[C@H](OC(C)=O)[C@H](OCc3ccccc3)[C@H]2N2C(=O)c3ccccc3C2=O)[C@H](OCc2ccccc2)[C@H]1N1C(=O)c2ccccc2C1=O. The van der Waals surface area contributed by atoms with Crippen LogP contribution in [0.5, 0.6) is 0 Å². The molecule has 9 aromatic rings. The van der Waals surface area contributed by atoms with Gasteiger partial charge in [0.15, 0.2) is 25.0 Å². The largest absolute Gasteiger partial charge is 0.457 e. The van der Waals surface area contributed by atoms with Gasteiger partial charge in [0.1, 0.15) is 67.0 Å². The van der Waals surface area contributed by atoms with Crippen molar-refractivity contribution < 1.29 is 90.3 Å². The molecule has 114 heavy (non-hydrogen) atoms. The molecule has 0 unspecified atom stereocenters. The van der Waals surface area contributed by atoms with Crippen LogP contribution in [0.25, 0.3) is 0 Å². The number of hydrogen-bond acceptors (Lipinski definition) is 19. The zero-order valence-corrected chi connectivity index (χ0v) is 64.2. The van der Waals surface area contributed by atoms with Gasteiger partial charge in [-0.05, 0) is 69.6 Å². The number of hydrogen-bond donors (Lipinski definition) is 0. The molecule has 14 rings (SSSR count). The van der Waals surface area contributed by atoms with E-state index in [-0.39, 0.29) is 94.9 Å². The van der Waals surface area contributed by atoms with E-state index in [4.69, 9.17) is 66.3 Å². The standard InChI is InChI=1S/C93H98N2O19/c1-3-4-5-6-7-33-52-104-93-86(85(108-59-70-46-27-14-28-47-70)80(105-56-67-40-21-11-22-41-67)75(112-93)60-101-53-64-34-15-8-16-35-64)114-92-79(95-89(99)73-50-31-32-51-74(73)90(95)100)84(107-58-69-44-25-13-26-45-69)82(77(111-92)62-103-55-66-38-19-10-20-39-66)113-91-78(94-87(97)71-48-29-30-49-72(71)88(94)98)83(106-57-68-42-23-12-24-43-68)81(109-63(2)96)76(110-91)61-102-54-65-36-17-9-18-37-65/h8-32,34-51,75-86,91-93H,3-7,33,52-62H2,1-2H3/t75-,76-,77-,78-,79-,80-,81+,82-,83-,84-,85+,86+,91+,92+,93+/m1/s1. The van der Waals surface area contributed by atoms with Crippen molar-refractivity contribution in [2.24, 2.45) is 0 Å². The van der Waals surface area contributed by atoms with Crippen LogP contribution in [0.4, 0.5) is 0 Å². The first-order valence-corrected chi connectivity index (χ1v) is 39.5. The average Bonchev–Trinajstić information content (AvgIpc) is 1.44. The number of benzene rings is 9. The number of carbonyl (C=O) groups is 5. The van der Waals surface area contributed by atoms with Crippen LogP contribution in [-0.2, 0) is 117 Å². The fraction of sp³-hybridized carbons (Fsp3) is 0.366. The zero-order chi connectivity index (χ0) is 78.4. The number of rotatable bonds is 39. The lowest BCUT2D eigenvalue weighted by Crippen LogP contribution is -2.72. The fourth-order valence-electron chi connectivity index (χ4n) is 15.4. The summed E-state index contributed by atoms with van der Waals surface area (Å²) in [6, 6.07) is 76.7. The van der Waals surface area contributed by atoms with E-state index < -0.39 is 122 Å². The van der Waals surface area contributed by atoms with Gasteiger partial charge in [-0.1, -0.05) is 276 Å². The summed E-state index contributed by atoms with van der Waals surface area (Å²) in [7, 11) is 0. The van der Waals surface area contributed by atoms with Crippen molar-refractivity contribution in [3.8, 4) is 0 Å². The Morgan fingerprint density at radius 2 is 0.596 bits per heavy atom. The van der Waals surface area contributed by atoms with E-state index in [1.807, 2.05) is 212 Å².